The smallest absolute Gasteiger partial charge is 0.324 e. The summed E-state index contributed by atoms with van der Waals surface area (Å²) in [4.78, 5) is 0. The number of rotatable bonds is 3. The first kappa shape index (κ1) is 14.5. The van der Waals surface area contributed by atoms with Crippen molar-refractivity contribution >= 4 is 15.9 Å². The number of hydrogen-bond acceptors (Lipinski definition) is 1. The molecule has 1 nitrogen and oxygen atoms in total. The highest BCUT2D eigenvalue weighted by Gasteiger charge is 2.31. The standard InChI is InChI=1S/C12H15BrF3N/c1-3-7(2)11(17)8-4-9(12(14,15)16)6-10(13)5-8/h4-7,11H,3,17H2,1-2H3/t7?,11-/m1/s1. The van der Waals surface area contributed by atoms with Crippen molar-refractivity contribution < 1.29 is 13.2 Å². The SMILES string of the molecule is CCC(C)[C@@H](N)c1cc(Br)cc(C(F)(F)F)c1. The van der Waals surface area contributed by atoms with Gasteiger partial charge in [0, 0.05) is 10.5 Å². The highest BCUT2D eigenvalue weighted by Crippen LogP contribution is 2.34. The Bertz CT molecular complexity index is 390. The van der Waals surface area contributed by atoms with E-state index in [4.69, 9.17) is 5.73 Å². The van der Waals surface area contributed by atoms with Crippen LogP contribution in [-0.2, 0) is 6.18 Å². The zero-order chi connectivity index (χ0) is 13.2. The van der Waals surface area contributed by atoms with Gasteiger partial charge in [-0.25, -0.2) is 0 Å². The molecule has 1 unspecified atom stereocenters. The average molecular weight is 310 g/mol. The van der Waals surface area contributed by atoms with Crippen LogP contribution in [0.4, 0.5) is 13.2 Å². The first-order valence-corrected chi connectivity index (χ1v) is 6.18. The summed E-state index contributed by atoms with van der Waals surface area (Å²) in [5.41, 5.74) is 5.79. The van der Waals surface area contributed by atoms with Crippen LogP contribution in [-0.4, -0.2) is 0 Å². The summed E-state index contributed by atoms with van der Waals surface area (Å²) in [7, 11) is 0. The minimum Gasteiger partial charge on any atom is -0.324 e. The lowest BCUT2D eigenvalue weighted by Gasteiger charge is -2.20. The summed E-state index contributed by atoms with van der Waals surface area (Å²) in [5, 5.41) is 0. The van der Waals surface area contributed by atoms with Crippen LogP contribution in [0.5, 0.6) is 0 Å². The molecule has 0 fully saturated rings. The zero-order valence-electron chi connectivity index (χ0n) is 9.68. The van der Waals surface area contributed by atoms with Gasteiger partial charge in [0.25, 0.3) is 0 Å². The van der Waals surface area contributed by atoms with Crippen LogP contribution in [0.15, 0.2) is 22.7 Å². The maximum Gasteiger partial charge on any atom is 0.416 e. The maximum atomic E-state index is 12.6. The monoisotopic (exact) mass is 309 g/mol. The Labute approximate surface area is 107 Å². The van der Waals surface area contributed by atoms with E-state index in [9.17, 15) is 13.2 Å². The molecule has 0 aliphatic rings. The van der Waals surface area contributed by atoms with Gasteiger partial charge in [-0.2, -0.15) is 13.2 Å². The van der Waals surface area contributed by atoms with Crippen molar-refractivity contribution in [1.29, 1.82) is 0 Å². The van der Waals surface area contributed by atoms with E-state index in [0.717, 1.165) is 18.6 Å². The van der Waals surface area contributed by atoms with Crippen LogP contribution >= 0.6 is 15.9 Å². The van der Waals surface area contributed by atoms with E-state index in [1.54, 1.807) is 6.07 Å². The largest absolute Gasteiger partial charge is 0.416 e. The Morgan fingerprint density at radius 1 is 1.29 bits per heavy atom. The van der Waals surface area contributed by atoms with E-state index in [0.29, 0.717) is 10.0 Å². The second-order valence-corrected chi connectivity index (χ2v) is 5.10. The molecule has 0 bridgehead atoms. The van der Waals surface area contributed by atoms with E-state index >= 15 is 0 Å². The van der Waals surface area contributed by atoms with Crippen molar-refractivity contribution in [3.63, 3.8) is 0 Å². The first-order valence-electron chi connectivity index (χ1n) is 5.39. The fourth-order valence-electron chi connectivity index (χ4n) is 1.55. The van der Waals surface area contributed by atoms with E-state index in [-0.39, 0.29) is 12.0 Å². The first-order chi connectivity index (χ1) is 7.75. The second kappa shape index (κ2) is 5.40. The van der Waals surface area contributed by atoms with Gasteiger partial charge < -0.3 is 5.73 Å². The fraction of sp³-hybridized carbons (Fsp3) is 0.500. The van der Waals surface area contributed by atoms with Crippen LogP contribution in [0.2, 0.25) is 0 Å². The van der Waals surface area contributed by atoms with Gasteiger partial charge in [-0.15, -0.1) is 0 Å². The van der Waals surface area contributed by atoms with E-state index in [1.807, 2.05) is 13.8 Å². The van der Waals surface area contributed by atoms with Crippen LogP contribution in [0.25, 0.3) is 0 Å². The number of halogens is 4. The molecule has 0 radical (unpaired) electrons. The van der Waals surface area contributed by atoms with Crippen LogP contribution < -0.4 is 5.73 Å². The molecule has 1 aromatic carbocycles. The molecule has 0 spiro atoms. The van der Waals surface area contributed by atoms with Crippen LogP contribution in [0.3, 0.4) is 0 Å². The second-order valence-electron chi connectivity index (χ2n) is 4.18. The van der Waals surface area contributed by atoms with Crippen LogP contribution in [0.1, 0.15) is 37.4 Å². The molecule has 1 aromatic rings. The Kier molecular flexibility index (Phi) is 4.61. The van der Waals surface area contributed by atoms with Gasteiger partial charge in [0.1, 0.15) is 0 Å². The lowest BCUT2D eigenvalue weighted by atomic mass is 9.92. The summed E-state index contributed by atoms with van der Waals surface area (Å²) >= 11 is 3.09. The minimum absolute atomic E-state index is 0.144. The van der Waals surface area contributed by atoms with Crippen molar-refractivity contribution in [3.05, 3.63) is 33.8 Å². The molecular weight excluding hydrogens is 295 g/mol. The molecule has 17 heavy (non-hydrogen) atoms. The van der Waals surface area contributed by atoms with Gasteiger partial charge in [-0.3, -0.25) is 0 Å². The Hall–Kier alpha value is -0.550. The quantitative estimate of drug-likeness (QED) is 0.873. The summed E-state index contributed by atoms with van der Waals surface area (Å²) in [5.74, 6) is 0.144. The lowest BCUT2D eigenvalue weighted by molar-refractivity contribution is -0.137. The molecule has 1 rings (SSSR count). The van der Waals surface area contributed by atoms with Gasteiger partial charge in [0.2, 0.25) is 0 Å². The molecule has 0 aromatic heterocycles. The Morgan fingerprint density at radius 3 is 2.35 bits per heavy atom. The number of alkyl halides is 3. The molecule has 0 aliphatic carbocycles. The molecule has 0 amide bonds. The Morgan fingerprint density at radius 2 is 1.88 bits per heavy atom. The number of benzene rings is 1. The van der Waals surface area contributed by atoms with Crippen molar-refractivity contribution in [1.82, 2.24) is 0 Å². The van der Waals surface area contributed by atoms with Gasteiger partial charge in [-0.05, 0) is 29.7 Å². The zero-order valence-corrected chi connectivity index (χ0v) is 11.3. The van der Waals surface area contributed by atoms with Crippen molar-refractivity contribution in [3.8, 4) is 0 Å². The van der Waals surface area contributed by atoms with Crippen molar-refractivity contribution in [2.24, 2.45) is 11.7 Å². The van der Waals surface area contributed by atoms with Crippen molar-refractivity contribution in [2.45, 2.75) is 32.5 Å². The normalized spacial score (nSPS) is 15.7. The fourth-order valence-corrected chi connectivity index (χ4v) is 2.06. The molecule has 0 heterocycles. The molecular formula is C12H15BrF3N. The molecule has 2 atom stereocenters. The van der Waals surface area contributed by atoms with Gasteiger partial charge in [0.05, 0.1) is 5.56 Å². The third kappa shape index (κ3) is 3.71. The summed E-state index contributed by atoms with van der Waals surface area (Å²) in [6.45, 7) is 3.89. The van der Waals surface area contributed by atoms with E-state index in [2.05, 4.69) is 15.9 Å². The minimum atomic E-state index is -4.34. The number of nitrogens with two attached hydrogens (primary N) is 1. The average Bonchev–Trinajstić information content (AvgIpc) is 2.25. The van der Waals surface area contributed by atoms with Gasteiger partial charge >= 0.3 is 6.18 Å². The molecule has 0 saturated heterocycles. The highest BCUT2D eigenvalue weighted by atomic mass is 79.9. The molecule has 0 aliphatic heterocycles. The molecule has 96 valence electrons. The van der Waals surface area contributed by atoms with Gasteiger partial charge in [-0.1, -0.05) is 36.2 Å². The lowest BCUT2D eigenvalue weighted by Crippen LogP contribution is -2.19. The maximum absolute atomic E-state index is 12.6. The topological polar surface area (TPSA) is 26.0 Å². The Balaban J connectivity index is 3.14. The van der Waals surface area contributed by atoms with Crippen LogP contribution in [0, 0.1) is 5.92 Å². The number of hydrogen-bond donors (Lipinski definition) is 1. The highest BCUT2D eigenvalue weighted by molar-refractivity contribution is 9.10. The molecule has 0 saturated carbocycles. The van der Waals surface area contributed by atoms with Crippen molar-refractivity contribution in [2.75, 3.05) is 0 Å². The molecule has 5 heteroatoms. The van der Waals surface area contributed by atoms with E-state index in [1.165, 1.54) is 0 Å². The summed E-state index contributed by atoms with van der Waals surface area (Å²) in [6.07, 6.45) is -3.51. The van der Waals surface area contributed by atoms with Gasteiger partial charge in [0.15, 0.2) is 0 Å². The third-order valence-corrected chi connectivity index (χ3v) is 3.35. The predicted octanol–water partition coefficient (Wildman–Crippen LogP) is 4.51. The summed E-state index contributed by atoms with van der Waals surface area (Å²) < 4.78 is 38.3. The summed E-state index contributed by atoms with van der Waals surface area (Å²) in [6, 6.07) is 3.46. The predicted molar refractivity (Wildman–Crippen MR) is 65.5 cm³/mol. The van der Waals surface area contributed by atoms with E-state index < -0.39 is 11.7 Å². The third-order valence-electron chi connectivity index (χ3n) is 2.89. The molecule has 2 N–H and O–H groups in total.